The van der Waals surface area contributed by atoms with Crippen molar-refractivity contribution in [2.24, 2.45) is 11.7 Å². The van der Waals surface area contributed by atoms with E-state index < -0.39 is 42.5 Å². The summed E-state index contributed by atoms with van der Waals surface area (Å²) in [7, 11) is 0. The van der Waals surface area contributed by atoms with Crippen molar-refractivity contribution in [2.45, 2.75) is 58.1 Å². The maximum atomic E-state index is 13.8. The molecule has 0 unspecified atom stereocenters. The van der Waals surface area contributed by atoms with E-state index in [0.29, 0.717) is 0 Å². The van der Waals surface area contributed by atoms with Crippen molar-refractivity contribution in [3.8, 4) is 0 Å². The third kappa shape index (κ3) is 8.21. The number of hydrogen-bond donors (Lipinski definition) is 2. The first kappa shape index (κ1) is 23.8. The number of likely N-dealkylation sites (tertiary alicyclic amines) is 1. The molecule has 2 atom stereocenters. The van der Waals surface area contributed by atoms with Gasteiger partial charge in [-0.2, -0.15) is 0 Å². The zero-order chi connectivity index (χ0) is 21.5. The molecule has 8 heteroatoms. The predicted molar refractivity (Wildman–Crippen MR) is 102 cm³/mol. The van der Waals surface area contributed by atoms with Gasteiger partial charge in [0, 0.05) is 18.5 Å². The number of ether oxygens (including phenoxy) is 1. The molecule has 1 amide bonds. The Balaban J connectivity index is 0.000000362. The number of hydrogen-bond acceptors (Lipinski definition) is 4. The molecule has 1 aromatic carbocycles. The standard InChI is InChI=1S/C12H19F2NO4.C8H11N/c1-11(2,3)19-10(18)15-5-4-8(6-9(16)17)12(13,14)7-15;1-7(9)8-5-3-2-4-6-8/h8H,4-7H2,1-3H3,(H,16,17);2-7H,9H2,1H3/t8-;7-/m11/s1. The van der Waals surface area contributed by atoms with Crippen LogP contribution < -0.4 is 5.73 Å². The quantitative estimate of drug-likeness (QED) is 0.798. The zero-order valence-electron chi connectivity index (χ0n) is 16.8. The van der Waals surface area contributed by atoms with E-state index in [2.05, 4.69) is 0 Å². The lowest BCUT2D eigenvalue weighted by Gasteiger charge is -2.38. The molecule has 1 aliphatic heterocycles. The minimum absolute atomic E-state index is 0.0431. The lowest BCUT2D eigenvalue weighted by atomic mass is 9.90. The Morgan fingerprint density at radius 1 is 1.32 bits per heavy atom. The Hall–Kier alpha value is -2.22. The van der Waals surface area contributed by atoms with Crippen LogP contribution in [0.3, 0.4) is 0 Å². The largest absolute Gasteiger partial charge is 0.481 e. The summed E-state index contributed by atoms with van der Waals surface area (Å²) in [6.07, 6.45) is -1.42. The van der Waals surface area contributed by atoms with Gasteiger partial charge in [-0.1, -0.05) is 30.3 Å². The first-order chi connectivity index (χ1) is 12.8. The van der Waals surface area contributed by atoms with Gasteiger partial charge < -0.3 is 20.5 Å². The van der Waals surface area contributed by atoms with Gasteiger partial charge in [-0.05, 0) is 39.7 Å². The Morgan fingerprint density at radius 2 is 1.89 bits per heavy atom. The molecule has 0 bridgehead atoms. The number of carbonyl (C=O) groups excluding carboxylic acids is 1. The first-order valence-electron chi connectivity index (χ1n) is 9.20. The van der Waals surface area contributed by atoms with Crippen LogP contribution in [0.1, 0.15) is 52.1 Å². The number of rotatable bonds is 3. The molecular weight excluding hydrogens is 370 g/mol. The van der Waals surface area contributed by atoms with E-state index in [1.807, 2.05) is 37.3 Å². The highest BCUT2D eigenvalue weighted by atomic mass is 19.3. The summed E-state index contributed by atoms with van der Waals surface area (Å²) in [4.78, 5) is 23.1. The van der Waals surface area contributed by atoms with Crippen molar-refractivity contribution >= 4 is 12.1 Å². The summed E-state index contributed by atoms with van der Waals surface area (Å²) in [6.45, 7) is 6.23. The van der Waals surface area contributed by atoms with E-state index in [-0.39, 0.29) is 19.0 Å². The normalized spacial score (nSPS) is 19.8. The highest BCUT2D eigenvalue weighted by Gasteiger charge is 2.47. The van der Waals surface area contributed by atoms with Crippen molar-refractivity contribution in [3.05, 3.63) is 35.9 Å². The lowest BCUT2D eigenvalue weighted by Crippen LogP contribution is -2.52. The third-order valence-corrected chi connectivity index (χ3v) is 4.14. The highest BCUT2D eigenvalue weighted by Crippen LogP contribution is 2.35. The Labute approximate surface area is 164 Å². The van der Waals surface area contributed by atoms with Crippen molar-refractivity contribution in [1.82, 2.24) is 4.90 Å². The molecule has 1 aliphatic rings. The van der Waals surface area contributed by atoms with Crippen LogP contribution in [0, 0.1) is 5.92 Å². The van der Waals surface area contributed by atoms with Crippen LogP contribution in [0.15, 0.2) is 30.3 Å². The molecule has 6 nitrogen and oxygen atoms in total. The number of carbonyl (C=O) groups is 2. The van der Waals surface area contributed by atoms with Crippen LogP contribution in [0.25, 0.3) is 0 Å². The van der Waals surface area contributed by atoms with E-state index in [1.165, 1.54) is 5.56 Å². The molecule has 0 spiro atoms. The molecule has 0 aliphatic carbocycles. The number of piperidine rings is 1. The summed E-state index contributed by atoms with van der Waals surface area (Å²) in [5.41, 5.74) is 6.06. The van der Waals surface area contributed by atoms with E-state index in [0.717, 1.165) is 4.90 Å². The monoisotopic (exact) mass is 400 g/mol. The second-order valence-electron chi connectivity index (χ2n) is 7.95. The highest BCUT2D eigenvalue weighted by molar-refractivity contribution is 5.69. The van der Waals surface area contributed by atoms with Crippen LogP contribution in [0.5, 0.6) is 0 Å². The number of halogens is 2. The van der Waals surface area contributed by atoms with Crippen LogP contribution >= 0.6 is 0 Å². The predicted octanol–water partition coefficient (Wildman–Crippen LogP) is 4.06. The number of carboxylic acids is 1. The summed E-state index contributed by atoms with van der Waals surface area (Å²) in [5, 5.41) is 8.59. The third-order valence-electron chi connectivity index (χ3n) is 4.14. The van der Waals surface area contributed by atoms with Gasteiger partial charge in [0.05, 0.1) is 13.0 Å². The van der Waals surface area contributed by atoms with E-state index in [9.17, 15) is 18.4 Å². The van der Waals surface area contributed by atoms with E-state index >= 15 is 0 Å². The minimum atomic E-state index is -3.20. The number of alkyl halides is 2. The number of amides is 1. The smallest absolute Gasteiger partial charge is 0.410 e. The van der Waals surface area contributed by atoms with Gasteiger partial charge in [0.1, 0.15) is 5.60 Å². The van der Waals surface area contributed by atoms with Gasteiger partial charge >= 0.3 is 12.1 Å². The summed E-state index contributed by atoms with van der Waals surface area (Å²) in [5.74, 6) is -5.69. The fourth-order valence-electron chi connectivity index (χ4n) is 2.69. The van der Waals surface area contributed by atoms with Crippen LogP contribution in [-0.2, 0) is 9.53 Å². The molecule has 1 heterocycles. The topological polar surface area (TPSA) is 92.9 Å². The van der Waals surface area contributed by atoms with Crippen molar-refractivity contribution in [1.29, 1.82) is 0 Å². The van der Waals surface area contributed by atoms with Gasteiger partial charge in [0.15, 0.2) is 0 Å². The zero-order valence-corrected chi connectivity index (χ0v) is 16.8. The maximum Gasteiger partial charge on any atom is 0.410 e. The van der Waals surface area contributed by atoms with Crippen LogP contribution in [0.4, 0.5) is 13.6 Å². The van der Waals surface area contributed by atoms with Gasteiger partial charge in [-0.25, -0.2) is 13.6 Å². The molecule has 3 N–H and O–H groups in total. The number of carboxylic acid groups (broad SMARTS) is 1. The van der Waals surface area contributed by atoms with Gasteiger partial charge in [-0.3, -0.25) is 4.79 Å². The minimum Gasteiger partial charge on any atom is -0.481 e. The maximum absolute atomic E-state index is 13.8. The molecule has 0 aromatic heterocycles. The van der Waals surface area contributed by atoms with E-state index in [1.54, 1.807) is 20.8 Å². The lowest BCUT2D eigenvalue weighted by molar-refractivity contribution is -0.148. The SMILES string of the molecule is CC(C)(C)OC(=O)N1CC[C@H](CC(=O)O)C(F)(F)C1.C[C@@H](N)c1ccccc1. The summed E-state index contributed by atoms with van der Waals surface area (Å²) < 4.78 is 32.5. The van der Waals surface area contributed by atoms with Crippen molar-refractivity contribution in [3.63, 3.8) is 0 Å². The molecule has 28 heavy (non-hydrogen) atoms. The van der Waals surface area contributed by atoms with Gasteiger partial charge in [0.2, 0.25) is 0 Å². The average Bonchev–Trinajstić information content (AvgIpc) is 2.56. The van der Waals surface area contributed by atoms with E-state index in [4.69, 9.17) is 15.6 Å². The van der Waals surface area contributed by atoms with Crippen molar-refractivity contribution in [2.75, 3.05) is 13.1 Å². The van der Waals surface area contributed by atoms with Crippen LogP contribution in [0.2, 0.25) is 0 Å². The molecule has 0 saturated carbocycles. The number of aliphatic carboxylic acids is 1. The molecule has 0 radical (unpaired) electrons. The fraction of sp³-hybridized carbons (Fsp3) is 0.600. The van der Waals surface area contributed by atoms with Crippen LogP contribution in [-0.4, -0.2) is 46.7 Å². The Kier molecular flexibility index (Phi) is 8.35. The number of benzene rings is 1. The molecule has 1 aromatic rings. The summed E-state index contributed by atoms with van der Waals surface area (Å²) >= 11 is 0. The fourth-order valence-corrected chi connectivity index (χ4v) is 2.69. The second-order valence-corrected chi connectivity index (χ2v) is 7.95. The molecule has 1 saturated heterocycles. The summed E-state index contributed by atoms with van der Waals surface area (Å²) in [6, 6.07) is 10.2. The Morgan fingerprint density at radius 3 is 2.29 bits per heavy atom. The number of nitrogens with zero attached hydrogens (tertiary/aromatic N) is 1. The molecule has 158 valence electrons. The van der Waals surface area contributed by atoms with Gasteiger partial charge in [-0.15, -0.1) is 0 Å². The van der Waals surface area contributed by atoms with Crippen molar-refractivity contribution < 1.29 is 28.2 Å². The first-order valence-corrected chi connectivity index (χ1v) is 9.20. The number of nitrogens with two attached hydrogens (primary N) is 1. The molecule has 2 rings (SSSR count). The molecule has 1 fully saturated rings. The second kappa shape index (κ2) is 9.82. The molecular formula is C20H30F2N2O4. The average molecular weight is 400 g/mol. The Bertz CT molecular complexity index is 645. The van der Waals surface area contributed by atoms with Gasteiger partial charge in [0.25, 0.3) is 5.92 Å².